The number of rotatable bonds is 2. The Hall–Kier alpha value is -1.37. The molecule has 1 aromatic heterocycles. The van der Waals surface area contributed by atoms with Gasteiger partial charge in [-0.1, -0.05) is 24.3 Å². The van der Waals surface area contributed by atoms with E-state index in [9.17, 15) is 0 Å². The number of hydrogen-bond acceptors (Lipinski definition) is 1. The predicted molar refractivity (Wildman–Crippen MR) is 52.7 cm³/mol. The quantitative estimate of drug-likeness (QED) is 0.604. The maximum atomic E-state index is 4.06. The molecule has 0 saturated carbocycles. The number of aromatic nitrogens is 1. The van der Waals surface area contributed by atoms with Crippen LogP contribution in [0.1, 0.15) is 19.4 Å². The van der Waals surface area contributed by atoms with Crippen LogP contribution >= 0.6 is 0 Å². The highest BCUT2D eigenvalue weighted by Gasteiger charge is 1.93. The minimum Gasteiger partial charge on any atom is -0.264 e. The van der Waals surface area contributed by atoms with E-state index in [2.05, 4.69) is 23.2 Å². The maximum absolute atomic E-state index is 4.06. The van der Waals surface area contributed by atoms with Crippen LogP contribution in [0.2, 0.25) is 0 Å². The Kier molecular flexibility index (Phi) is 3.27. The molecule has 12 heavy (non-hydrogen) atoms. The second-order valence-electron chi connectivity index (χ2n) is 2.49. The molecule has 0 aliphatic heterocycles. The topological polar surface area (TPSA) is 12.9 Å². The summed E-state index contributed by atoms with van der Waals surface area (Å²) in [6.07, 6.45) is 9.85. The lowest BCUT2D eigenvalue weighted by molar-refractivity contribution is 1.31. The smallest absolute Gasteiger partial charge is 0.0346 e. The Morgan fingerprint density at radius 2 is 2.25 bits per heavy atom. The van der Waals surface area contributed by atoms with Gasteiger partial charge in [-0.2, -0.15) is 0 Å². The average Bonchev–Trinajstić information content (AvgIpc) is 2.15. The van der Waals surface area contributed by atoms with Gasteiger partial charge < -0.3 is 0 Å². The van der Waals surface area contributed by atoms with Crippen LogP contribution in [0.25, 0.3) is 5.57 Å². The molecule has 0 atom stereocenters. The van der Waals surface area contributed by atoms with Gasteiger partial charge in [0.05, 0.1) is 0 Å². The molecule has 0 aliphatic carbocycles. The van der Waals surface area contributed by atoms with Crippen LogP contribution in [0.5, 0.6) is 0 Å². The number of allylic oxidation sites excluding steroid dienone is 4. The molecule has 0 amide bonds. The Morgan fingerprint density at radius 1 is 1.42 bits per heavy atom. The predicted octanol–water partition coefficient (Wildman–Crippen LogP) is 3.06. The van der Waals surface area contributed by atoms with Crippen molar-refractivity contribution in [3.8, 4) is 0 Å². The third-order valence-corrected chi connectivity index (χ3v) is 1.65. The van der Waals surface area contributed by atoms with Crippen LogP contribution in [0.3, 0.4) is 0 Å². The minimum atomic E-state index is 1.16. The van der Waals surface area contributed by atoms with Gasteiger partial charge in [-0.3, -0.25) is 4.98 Å². The lowest BCUT2D eigenvalue weighted by atomic mass is 10.1. The van der Waals surface area contributed by atoms with Gasteiger partial charge in [0.25, 0.3) is 0 Å². The van der Waals surface area contributed by atoms with Gasteiger partial charge in [0, 0.05) is 12.4 Å². The van der Waals surface area contributed by atoms with Crippen molar-refractivity contribution in [3.63, 3.8) is 0 Å². The maximum Gasteiger partial charge on any atom is 0.0346 e. The summed E-state index contributed by atoms with van der Waals surface area (Å²) in [6.45, 7) is 4.04. The normalized spacial score (nSPS) is 12.3. The fraction of sp³-hybridized carbons (Fsp3) is 0.182. The van der Waals surface area contributed by atoms with E-state index < -0.39 is 0 Å². The first-order valence-electron chi connectivity index (χ1n) is 4.08. The Labute approximate surface area is 73.5 Å². The molecule has 1 heteroatoms. The fourth-order valence-electron chi connectivity index (χ4n) is 1.07. The highest BCUT2D eigenvalue weighted by molar-refractivity contribution is 5.72. The van der Waals surface area contributed by atoms with Gasteiger partial charge in [-0.25, -0.2) is 0 Å². The Bertz CT molecular complexity index is 283. The summed E-state index contributed by atoms with van der Waals surface area (Å²) in [5, 5.41) is 0. The summed E-state index contributed by atoms with van der Waals surface area (Å²) in [5.74, 6) is 0. The largest absolute Gasteiger partial charge is 0.264 e. The van der Waals surface area contributed by atoms with Crippen molar-refractivity contribution in [3.05, 3.63) is 48.3 Å². The van der Waals surface area contributed by atoms with Crippen molar-refractivity contribution in [1.82, 2.24) is 4.98 Å². The Morgan fingerprint density at radius 3 is 2.75 bits per heavy atom. The molecule has 0 aliphatic rings. The molecule has 1 nitrogen and oxygen atoms in total. The second kappa shape index (κ2) is 4.50. The minimum absolute atomic E-state index is 1.16. The summed E-state index contributed by atoms with van der Waals surface area (Å²) in [7, 11) is 0. The van der Waals surface area contributed by atoms with Gasteiger partial charge in [-0.15, -0.1) is 0 Å². The molecule has 0 N–H and O–H groups in total. The van der Waals surface area contributed by atoms with E-state index in [1.807, 2.05) is 32.2 Å². The average molecular weight is 159 g/mol. The van der Waals surface area contributed by atoms with Crippen LogP contribution in [-0.4, -0.2) is 4.98 Å². The zero-order valence-corrected chi connectivity index (χ0v) is 7.49. The molecule has 0 unspecified atom stereocenters. The van der Waals surface area contributed by atoms with Gasteiger partial charge in [0.2, 0.25) is 0 Å². The van der Waals surface area contributed by atoms with E-state index in [0.717, 1.165) is 5.56 Å². The molecule has 0 saturated heterocycles. The highest BCUT2D eigenvalue weighted by Crippen LogP contribution is 2.13. The summed E-state index contributed by atoms with van der Waals surface area (Å²) < 4.78 is 0. The zero-order chi connectivity index (χ0) is 8.81. The van der Waals surface area contributed by atoms with Crippen molar-refractivity contribution < 1.29 is 0 Å². The summed E-state index contributed by atoms with van der Waals surface area (Å²) in [5.41, 5.74) is 2.38. The molecule has 0 bridgehead atoms. The molecule has 1 aromatic rings. The first-order valence-corrected chi connectivity index (χ1v) is 4.08. The molecule has 0 fully saturated rings. The lowest BCUT2D eigenvalue weighted by Gasteiger charge is -1.98. The summed E-state index contributed by atoms with van der Waals surface area (Å²) in [4.78, 5) is 4.06. The van der Waals surface area contributed by atoms with E-state index in [1.165, 1.54) is 5.57 Å². The first-order chi connectivity index (χ1) is 5.88. The standard InChI is InChI=1S/C11H13N/c1-3-6-10(4-2)11-7-5-8-12-9-11/h3-9H,1-2H3/b6-3-,10-4+. The third-order valence-electron chi connectivity index (χ3n) is 1.65. The van der Waals surface area contributed by atoms with Crippen molar-refractivity contribution in [2.75, 3.05) is 0 Å². The van der Waals surface area contributed by atoms with Crippen molar-refractivity contribution in [2.45, 2.75) is 13.8 Å². The fourth-order valence-corrected chi connectivity index (χ4v) is 1.07. The van der Waals surface area contributed by atoms with E-state index in [-0.39, 0.29) is 0 Å². The summed E-state index contributed by atoms with van der Waals surface area (Å²) >= 11 is 0. The van der Waals surface area contributed by atoms with Crippen molar-refractivity contribution in [1.29, 1.82) is 0 Å². The van der Waals surface area contributed by atoms with Gasteiger partial charge in [0.1, 0.15) is 0 Å². The molecule has 1 heterocycles. The lowest BCUT2D eigenvalue weighted by Crippen LogP contribution is -1.80. The van der Waals surface area contributed by atoms with E-state index in [4.69, 9.17) is 0 Å². The van der Waals surface area contributed by atoms with E-state index >= 15 is 0 Å². The molecule has 1 rings (SSSR count). The van der Waals surface area contributed by atoms with E-state index in [0.29, 0.717) is 0 Å². The summed E-state index contributed by atoms with van der Waals surface area (Å²) in [6, 6.07) is 4.00. The van der Waals surface area contributed by atoms with Crippen LogP contribution in [0.15, 0.2) is 42.8 Å². The van der Waals surface area contributed by atoms with Crippen molar-refractivity contribution >= 4 is 5.57 Å². The van der Waals surface area contributed by atoms with Crippen LogP contribution < -0.4 is 0 Å². The SMILES string of the molecule is C/C=C\C(=C/C)c1cccnc1. The second-order valence-corrected chi connectivity index (χ2v) is 2.49. The first kappa shape index (κ1) is 8.72. The molecular formula is C11H13N. The van der Waals surface area contributed by atoms with Gasteiger partial charge in [0.15, 0.2) is 0 Å². The molecule has 62 valence electrons. The van der Waals surface area contributed by atoms with Crippen LogP contribution in [0, 0.1) is 0 Å². The van der Waals surface area contributed by atoms with Crippen molar-refractivity contribution in [2.24, 2.45) is 0 Å². The molecular weight excluding hydrogens is 146 g/mol. The number of pyridine rings is 1. The van der Waals surface area contributed by atoms with Gasteiger partial charge in [-0.05, 0) is 31.1 Å². The molecule has 0 radical (unpaired) electrons. The van der Waals surface area contributed by atoms with Crippen LogP contribution in [0.4, 0.5) is 0 Å². The Balaban J connectivity index is 2.97. The third kappa shape index (κ3) is 2.06. The van der Waals surface area contributed by atoms with Crippen LogP contribution in [-0.2, 0) is 0 Å². The molecule has 0 aromatic carbocycles. The van der Waals surface area contributed by atoms with Gasteiger partial charge >= 0.3 is 0 Å². The highest BCUT2D eigenvalue weighted by atomic mass is 14.6. The number of nitrogens with zero attached hydrogens (tertiary/aromatic N) is 1. The monoisotopic (exact) mass is 159 g/mol. The van der Waals surface area contributed by atoms with E-state index in [1.54, 1.807) is 6.20 Å². The molecule has 0 spiro atoms. The zero-order valence-electron chi connectivity index (χ0n) is 7.49. The number of hydrogen-bond donors (Lipinski definition) is 0.